The van der Waals surface area contributed by atoms with Crippen molar-refractivity contribution in [2.75, 3.05) is 18.9 Å². The molecule has 4 aromatic rings. The van der Waals surface area contributed by atoms with Crippen molar-refractivity contribution in [3.05, 3.63) is 48.4 Å². The van der Waals surface area contributed by atoms with E-state index in [1.807, 2.05) is 6.92 Å². The van der Waals surface area contributed by atoms with Crippen LogP contribution in [0.5, 0.6) is 11.5 Å². The molecule has 0 bridgehead atoms. The molecule has 0 atom stereocenters. The van der Waals surface area contributed by atoms with Crippen LogP contribution in [-0.2, 0) is 10.0 Å². The third kappa shape index (κ3) is 3.27. The summed E-state index contributed by atoms with van der Waals surface area (Å²) in [5.74, 6) is 0.774. The molecule has 0 spiro atoms. The highest BCUT2D eigenvalue weighted by molar-refractivity contribution is 7.93. The lowest BCUT2D eigenvalue weighted by Gasteiger charge is -2.13. The first-order valence-electron chi connectivity index (χ1n) is 8.48. The molecule has 2 aromatic heterocycles. The van der Waals surface area contributed by atoms with Gasteiger partial charge in [0.25, 0.3) is 10.0 Å². The van der Waals surface area contributed by atoms with Crippen molar-refractivity contribution in [2.45, 2.75) is 11.8 Å². The van der Waals surface area contributed by atoms with Gasteiger partial charge in [0, 0.05) is 5.56 Å². The second-order valence-electron chi connectivity index (χ2n) is 6.13. The van der Waals surface area contributed by atoms with Crippen molar-refractivity contribution in [2.24, 2.45) is 0 Å². The van der Waals surface area contributed by atoms with Gasteiger partial charge in [-0.15, -0.1) is 0 Å². The molecule has 9 nitrogen and oxygen atoms in total. The fourth-order valence-corrected chi connectivity index (χ4v) is 4.35. The van der Waals surface area contributed by atoms with E-state index in [2.05, 4.69) is 14.9 Å². The summed E-state index contributed by atoms with van der Waals surface area (Å²) >= 11 is 0. The lowest BCUT2D eigenvalue weighted by molar-refractivity contribution is 0.373. The number of fused-ring (bicyclic) bond motifs is 1. The van der Waals surface area contributed by atoms with Crippen LogP contribution in [0.1, 0.15) is 5.56 Å². The zero-order valence-electron chi connectivity index (χ0n) is 15.8. The monoisotopic (exact) mass is 415 g/mol. The molecule has 0 saturated carbocycles. The van der Waals surface area contributed by atoms with E-state index in [-0.39, 0.29) is 22.2 Å². The number of nitrogens with zero attached hydrogens (tertiary/aromatic N) is 2. The molecule has 0 unspecified atom stereocenters. The zero-order valence-corrected chi connectivity index (χ0v) is 16.6. The molecule has 1 N–H and O–H groups in total. The van der Waals surface area contributed by atoms with Gasteiger partial charge < -0.3 is 18.4 Å². The maximum absolute atomic E-state index is 13.1. The maximum Gasteiger partial charge on any atom is 0.270 e. The van der Waals surface area contributed by atoms with Gasteiger partial charge in [-0.1, -0.05) is 11.2 Å². The molecule has 2 heterocycles. The highest BCUT2D eigenvalue weighted by Crippen LogP contribution is 2.36. The van der Waals surface area contributed by atoms with Gasteiger partial charge in [-0.05, 0) is 36.8 Å². The number of methoxy groups -OCH3 is 2. The van der Waals surface area contributed by atoms with Crippen LogP contribution >= 0.6 is 0 Å². The fraction of sp³-hybridized carbons (Fsp3) is 0.158. The van der Waals surface area contributed by atoms with Gasteiger partial charge >= 0.3 is 0 Å². The molecule has 150 valence electrons. The standard InChI is InChI=1S/C19H17N3O6S/c1-11-9-13-16(10-12(11)19-20-7-8-27-19)28-21-18(13)22-29(23,24)17-14(25-2)5-4-6-15(17)26-3/h4-10H,1-3H3,(H,21,22). The Bertz CT molecular complexity index is 1260. The SMILES string of the molecule is COc1cccc(OC)c1S(=O)(=O)Nc1noc2cc(-c3ncco3)c(C)cc12. The molecule has 10 heteroatoms. The van der Waals surface area contributed by atoms with Gasteiger partial charge in [0.1, 0.15) is 17.8 Å². The predicted molar refractivity (Wildman–Crippen MR) is 105 cm³/mol. The van der Waals surface area contributed by atoms with Crippen LogP contribution < -0.4 is 14.2 Å². The maximum atomic E-state index is 13.1. The van der Waals surface area contributed by atoms with Crippen molar-refractivity contribution in [1.29, 1.82) is 0 Å². The summed E-state index contributed by atoms with van der Waals surface area (Å²) in [4.78, 5) is 4.00. The van der Waals surface area contributed by atoms with E-state index < -0.39 is 10.0 Å². The Labute approximate surface area is 166 Å². The summed E-state index contributed by atoms with van der Waals surface area (Å²) in [5, 5.41) is 4.38. The smallest absolute Gasteiger partial charge is 0.270 e. The van der Waals surface area contributed by atoms with E-state index in [0.717, 1.165) is 11.1 Å². The Morgan fingerprint density at radius 1 is 1.10 bits per heavy atom. The van der Waals surface area contributed by atoms with E-state index in [0.29, 0.717) is 16.9 Å². The first kappa shape index (κ1) is 18.8. The summed E-state index contributed by atoms with van der Waals surface area (Å²) in [6.45, 7) is 1.85. The molecule has 0 aliphatic rings. The minimum Gasteiger partial charge on any atom is -0.495 e. The molecule has 2 aromatic carbocycles. The third-order valence-electron chi connectivity index (χ3n) is 4.36. The van der Waals surface area contributed by atoms with Crippen LogP contribution in [-0.4, -0.2) is 32.8 Å². The number of hydrogen-bond acceptors (Lipinski definition) is 8. The van der Waals surface area contributed by atoms with Crippen molar-refractivity contribution >= 4 is 26.8 Å². The van der Waals surface area contributed by atoms with E-state index in [9.17, 15) is 8.42 Å². The minimum atomic E-state index is -4.08. The van der Waals surface area contributed by atoms with Crippen molar-refractivity contribution in [3.8, 4) is 23.0 Å². The molecule has 0 radical (unpaired) electrons. The Morgan fingerprint density at radius 2 is 1.83 bits per heavy atom. The third-order valence-corrected chi connectivity index (χ3v) is 5.76. The molecular weight excluding hydrogens is 398 g/mol. The fourth-order valence-electron chi connectivity index (χ4n) is 3.01. The number of oxazole rings is 1. The highest BCUT2D eigenvalue weighted by atomic mass is 32.2. The average Bonchev–Trinajstić information content (AvgIpc) is 3.37. The Balaban J connectivity index is 1.78. The Kier molecular flexibility index (Phi) is 4.63. The van der Waals surface area contributed by atoms with Crippen LogP contribution in [0.2, 0.25) is 0 Å². The number of benzene rings is 2. The normalized spacial score (nSPS) is 11.6. The van der Waals surface area contributed by atoms with Crippen LogP contribution in [0.3, 0.4) is 0 Å². The molecule has 0 aliphatic heterocycles. The molecule has 0 fully saturated rings. The topological polar surface area (TPSA) is 117 Å². The van der Waals surface area contributed by atoms with Gasteiger partial charge in [-0.2, -0.15) is 0 Å². The van der Waals surface area contributed by atoms with Gasteiger partial charge in [0.05, 0.1) is 25.8 Å². The van der Waals surface area contributed by atoms with Crippen LogP contribution in [0.15, 0.2) is 56.6 Å². The first-order valence-corrected chi connectivity index (χ1v) is 9.96. The van der Waals surface area contributed by atoms with Gasteiger partial charge in [-0.3, -0.25) is 4.72 Å². The summed E-state index contributed by atoms with van der Waals surface area (Å²) in [5.41, 5.74) is 1.92. The van der Waals surface area contributed by atoms with E-state index >= 15 is 0 Å². The van der Waals surface area contributed by atoms with Crippen LogP contribution in [0.4, 0.5) is 5.82 Å². The van der Waals surface area contributed by atoms with E-state index in [1.54, 1.807) is 24.4 Å². The number of nitrogens with one attached hydrogen (secondary N) is 1. The summed E-state index contributed by atoms with van der Waals surface area (Å²) in [7, 11) is -1.32. The number of hydrogen-bond donors (Lipinski definition) is 1. The molecule has 0 amide bonds. The van der Waals surface area contributed by atoms with E-state index in [1.165, 1.54) is 32.6 Å². The molecular formula is C19H17N3O6S. The Morgan fingerprint density at radius 3 is 2.45 bits per heavy atom. The summed E-state index contributed by atoms with van der Waals surface area (Å²) < 4.78 is 49.6. The summed E-state index contributed by atoms with van der Waals surface area (Å²) in [6.07, 6.45) is 3.01. The second-order valence-corrected chi connectivity index (χ2v) is 7.75. The minimum absolute atomic E-state index is 0.0509. The molecule has 29 heavy (non-hydrogen) atoms. The number of aryl methyl sites for hydroxylation is 1. The lowest BCUT2D eigenvalue weighted by atomic mass is 10.1. The number of ether oxygens (including phenoxy) is 2. The molecule has 0 aliphatic carbocycles. The predicted octanol–water partition coefficient (Wildman–Crippen LogP) is 3.61. The van der Waals surface area contributed by atoms with Crippen molar-refractivity contribution in [1.82, 2.24) is 10.1 Å². The second kappa shape index (κ2) is 7.13. The first-order chi connectivity index (χ1) is 13.9. The lowest BCUT2D eigenvalue weighted by Crippen LogP contribution is -2.15. The van der Waals surface area contributed by atoms with Crippen LogP contribution in [0, 0.1) is 6.92 Å². The number of rotatable bonds is 6. The van der Waals surface area contributed by atoms with Gasteiger partial charge in [0.15, 0.2) is 16.3 Å². The zero-order chi connectivity index (χ0) is 20.6. The Hall–Kier alpha value is -3.53. The van der Waals surface area contributed by atoms with Gasteiger partial charge in [0.2, 0.25) is 5.89 Å². The van der Waals surface area contributed by atoms with Gasteiger partial charge in [-0.25, -0.2) is 13.4 Å². The molecule has 4 rings (SSSR count). The average molecular weight is 415 g/mol. The van der Waals surface area contributed by atoms with Crippen molar-refractivity contribution in [3.63, 3.8) is 0 Å². The highest BCUT2D eigenvalue weighted by Gasteiger charge is 2.27. The largest absolute Gasteiger partial charge is 0.495 e. The quantitative estimate of drug-likeness (QED) is 0.508. The number of sulfonamides is 1. The van der Waals surface area contributed by atoms with Crippen molar-refractivity contribution < 1.29 is 26.8 Å². The number of anilines is 1. The summed E-state index contributed by atoms with van der Waals surface area (Å²) in [6, 6.07) is 8.15. The molecule has 0 saturated heterocycles. The number of aromatic nitrogens is 2. The van der Waals surface area contributed by atoms with Crippen LogP contribution in [0.25, 0.3) is 22.4 Å². The van der Waals surface area contributed by atoms with E-state index in [4.69, 9.17) is 18.4 Å².